The summed E-state index contributed by atoms with van der Waals surface area (Å²) >= 11 is 3.25. The second-order valence-electron chi connectivity index (χ2n) is 3.32. The van der Waals surface area contributed by atoms with E-state index in [0.29, 0.717) is 11.3 Å². The molecule has 0 atom stereocenters. The van der Waals surface area contributed by atoms with Gasteiger partial charge in [0.25, 0.3) is 0 Å². The maximum absolute atomic E-state index is 10.9. The Bertz CT molecular complexity index is 496. The predicted molar refractivity (Wildman–Crippen MR) is 66.1 cm³/mol. The van der Waals surface area contributed by atoms with Crippen molar-refractivity contribution in [3.05, 3.63) is 44.0 Å². The number of rotatable bonds is 3. The van der Waals surface area contributed by atoms with Crippen molar-refractivity contribution < 1.29 is 14.5 Å². The van der Waals surface area contributed by atoms with E-state index < -0.39 is 10.9 Å². The molecule has 0 saturated carbocycles. The van der Waals surface area contributed by atoms with Gasteiger partial charge in [-0.3, -0.25) is 14.9 Å². The largest absolute Gasteiger partial charge is 0.426 e. The molecule has 0 saturated heterocycles. The van der Waals surface area contributed by atoms with Crippen LogP contribution in [0.2, 0.25) is 0 Å². The quantitative estimate of drug-likeness (QED) is 0.372. The van der Waals surface area contributed by atoms with Gasteiger partial charge in [-0.05, 0) is 18.2 Å². The summed E-state index contributed by atoms with van der Waals surface area (Å²) in [5.74, 6) is -0.178. The van der Waals surface area contributed by atoms with Crippen molar-refractivity contribution in [3.8, 4) is 5.75 Å². The third kappa shape index (κ3) is 3.99. The maximum atomic E-state index is 10.9. The molecular formula is C11H10BrNO4. The van der Waals surface area contributed by atoms with E-state index in [1.165, 1.54) is 19.9 Å². The van der Waals surface area contributed by atoms with E-state index in [-0.39, 0.29) is 5.70 Å². The standard InChI is InChI=1S/C11H10BrNO4/c1-7(13(15)16)5-9-6-10(12)3-4-11(9)17-8(2)14/h3-6H,1-2H3/b7-5+. The molecule has 0 fully saturated rings. The molecule has 0 aliphatic rings. The minimum atomic E-state index is -0.502. The highest BCUT2D eigenvalue weighted by Gasteiger charge is 2.09. The van der Waals surface area contributed by atoms with Crippen LogP contribution in [0.1, 0.15) is 19.4 Å². The second kappa shape index (κ2) is 5.58. The van der Waals surface area contributed by atoms with Crippen LogP contribution in [0.4, 0.5) is 0 Å². The Balaban J connectivity index is 3.20. The average Bonchev–Trinajstić information content (AvgIpc) is 2.21. The summed E-state index contributed by atoms with van der Waals surface area (Å²) in [7, 11) is 0. The van der Waals surface area contributed by atoms with Crippen molar-refractivity contribution in [2.45, 2.75) is 13.8 Å². The SMILES string of the molecule is CC(=O)Oc1ccc(Br)cc1/C=C(\C)[N+](=O)[O-]. The number of halogens is 1. The number of hydrogen-bond acceptors (Lipinski definition) is 4. The molecule has 0 bridgehead atoms. The zero-order valence-corrected chi connectivity index (χ0v) is 10.9. The lowest BCUT2D eigenvalue weighted by atomic mass is 10.2. The molecule has 0 amide bonds. The molecule has 0 radical (unpaired) electrons. The molecule has 0 aromatic heterocycles. The van der Waals surface area contributed by atoms with Crippen molar-refractivity contribution in [1.82, 2.24) is 0 Å². The number of nitro groups is 1. The Kier molecular flexibility index (Phi) is 4.39. The number of nitrogens with zero attached hydrogens (tertiary/aromatic N) is 1. The fourth-order valence-electron chi connectivity index (χ4n) is 1.16. The number of carbonyl (C=O) groups is 1. The van der Waals surface area contributed by atoms with Crippen molar-refractivity contribution >= 4 is 28.0 Å². The Morgan fingerprint density at radius 1 is 1.47 bits per heavy atom. The lowest BCUT2D eigenvalue weighted by molar-refractivity contribution is -0.422. The summed E-state index contributed by atoms with van der Waals surface area (Å²) in [6, 6.07) is 4.91. The number of esters is 1. The molecule has 0 aliphatic heterocycles. The Morgan fingerprint density at radius 2 is 2.12 bits per heavy atom. The molecule has 0 heterocycles. The molecule has 1 aromatic carbocycles. The topological polar surface area (TPSA) is 69.4 Å². The van der Waals surface area contributed by atoms with Crippen LogP contribution < -0.4 is 4.74 Å². The van der Waals surface area contributed by atoms with Gasteiger partial charge < -0.3 is 4.74 Å². The van der Waals surface area contributed by atoms with Gasteiger partial charge in [0.05, 0.1) is 4.92 Å². The van der Waals surface area contributed by atoms with E-state index in [0.717, 1.165) is 4.47 Å². The number of allylic oxidation sites excluding steroid dienone is 1. The van der Waals surface area contributed by atoms with Crippen LogP contribution in [0.15, 0.2) is 28.4 Å². The van der Waals surface area contributed by atoms with Crippen LogP contribution in [-0.4, -0.2) is 10.9 Å². The molecule has 5 nitrogen and oxygen atoms in total. The van der Waals surface area contributed by atoms with E-state index >= 15 is 0 Å². The summed E-state index contributed by atoms with van der Waals surface area (Å²) in [5.41, 5.74) is 0.445. The van der Waals surface area contributed by atoms with Gasteiger partial charge in [0.2, 0.25) is 5.70 Å². The number of ether oxygens (including phenoxy) is 1. The molecule has 17 heavy (non-hydrogen) atoms. The van der Waals surface area contributed by atoms with Crippen molar-refractivity contribution in [3.63, 3.8) is 0 Å². The highest BCUT2D eigenvalue weighted by Crippen LogP contribution is 2.25. The lowest BCUT2D eigenvalue weighted by Gasteiger charge is -2.05. The number of benzene rings is 1. The first kappa shape index (κ1) is 13.4. The van der Waals surface area contributed by atoms with Gasteiger partial charge >= 0.3 is 5.97 Å². The van der Waals surface area contributed by atoms with Crippen LogP contribution >= 0.6 is 15.9 Å². The summed E-state index contributed by atoms with van der Waals surface area (Å²) < 4.78 is 5.70. The normalized spacial score (nSPS) is 11.1. The summed E-state index contributed by atoms with van der Waals surface area (Å²) in [5, 5.41) is 10.5. The predicted octanol–water partition coefficient (Wildman–Crippen LogP) is 3.01. The zero-order valence-electron chi connectivity index (χ0n) is 9.27. The molecule has 0 N–H and O–H groups in total. The third-order valence-corrected chi connectivity index (χ3v) is 2.37. The minimum Gasteiger partial charge on any atom is -0.426 e. The molecular weight excluding hydrogens is 290 g/mol. The molecule has 0 spiro atoms. The van der Waals surface area contributed by atoms with E-state index in [2.05, 4.69) is 15.9 Å². The van der Waals surface area contributed by atoms with Crippen LogP contribution in [-0.2, 0) is 4.79 Å². The highest BCUT2D eigenvalue weighted by atomic mass is 79.9. The van der Waals surface area contributed by atoms with E-state index in [1.54, 1.807) is 18.2 Å². The summed E-state index contributed by atoms with van der Waals surface area (Å²) in [4.78, 5) is 20.9. The van der Waals surface area contributed by atoms with Crippen LogP contribution in [0.5, 0.6) is 5.75 Å². The van der Waals surface area contributed by atoms with E-state index in [1.807, 2.05) is 0 Å². The molecule has 90 valence electrons. The van der Waals surface area contributed by atoms with Gasteiger partial charge in [0.15, 0.2) is 0 Å². The Labute approximate surface area is 106 Å². The summed E-state index contributed by atoms with van der Waals surface area (Å²) in [6.45, 7) is 2.65. The minimum absolute atomic E-state index is 0.0310. The van der Waals surface area contributed by atoms with Gasteiger partial charge in [0.1, 0.15) is 5.75 Å². The van der Waals surface area contributed by atoms with Crippen molar-refractivity contribution in [2.75, 3.05) is 0 Å². The fraction of sp³-hybridized carbons (Fsp3) is 0.182. The van der Waals surface area contributed by atoms with Gasteiger partial charge in [0, 0.05) is 30.0 Å². The average molecular weight is 300 g/mol. The lowest BCUT2D eigenvalue weighted by Crippen LogP contribution is -2.03. The van der Waals surface area contributed by atoms with Gasteiger partial charge in [-0.1, -0.05) is 15.9 Å². The molecule has 0 unspecified atom stereocenters. The Morgan fingerprint density at radius 3 is 2.65 bits per heavy atom. The monoisotopic (exact) mass is 299 g/mol. The molecule has 6 heteroatoms. The van der Waals surface area contributed by atoms with Crippen LogP contribution in [0, 0.1) is 10.1 Å². The second-order valence-corrected chi connectivity index (χ2v) is 4.23. The van der Waals surface area contributed by atoms with E-state index in [4.69, 9.17) is 4.74 Å². The van der Waals surface area contributed by atoms with Crippen LogP contribution in [0.3, 0.4) is 0 Å². The number of hydrogen-bond donors (Lipinski definition) is 0. The molecule has 0 aliphatic carbocycles. The van der Waals surface area contributed by atoms with E-state index in [9.17, 15) is 14.9 Å². The first-order valence-electron chi connectivity index (χ1n) is 4.71. The highest BCUT2D eigenvalue weighted by molar-refractivity contribution is 9.10. The summed E-state index contributed by atoms with van der Waals surface area (Å²) in [6.07, 6.45) is 1.35. The van der Waals surface area contributed by atoms with Gasteiger partial charge in [-0.15, -0.1) is 0 Å². The van der Waals surface area contributed by atoms with Gasteiger partial charge in [-0.2, -0.15) is 0 Å². The molecule has 1 rings (SSSR count). The smallest absolute Gasteiger partial charge is 0.308 e. The number of carbonyl (C=O) groups excluding carboxylic acids is 1. The first-order valence-corrected chi connectivity index (χ1v) is 5.50. The Hall–Kier alpha value is -1.69. The first-order chi connectivity index (χ1) is 7.90. The maximum Gasteiger partial charge on any atom is 0.308 e. The zero-order chi connectivity index (χ0) is 13.0. The molecule has 1 aromatic rings. The van der Waals surface area contributed by atoms with Crippen molar-refractivity contribution in [2.24, 2.45) is 0 Å². The van der Waals surface area contributed by atoms with Crippen LogP contribution in [0.25, 0.3) is 6.08 Å². The fourth-order valence-corrected chi connectivity index (χ4v) is 1.54. The van der Waals surface area contributed by atoms with Gasteiger partial charge in [-0.25, -0.2) is 0 Å². The van der Waals surface area contributed by atoms with Crippen molar-refractivity contribution in [1.29, 1.82) is 0 Å². The third-order valence-electron chi connectivity index (χ3n) is 1.88.